The molecule has 0 saturated carbocycles. The van der Waals surface area contributed by atoms with Gasteiger partial charge >= 0.3 is 5.97 Å². The maximum atomic E-state index is 14.1. The maximum Gasteiger partial charge on any atom is 0.310 e. The van der Waals surface area contributed by atoms with Crippen LogP contribution in [0.2, 0.25) is 0 Å². The van der Waals surface area contributed by atoms with E-state index in [1.165, 1.54) is 18.2 Å². The summed E-state index contributed by atoms with van der Waals surface area (Å²) in [5.41, 5.74) is -0.127. The summed E-state index contributed by atoms with van der Waals surface area (Å²) in [7, 11) is 0. The number of fused-ring (bicyclic) bond motifs is 1. The monoisotopic (exact) mass is 475 g/mol. The first-order chi connectivity index (χ1) is 16.4. The second-order valence-electron chi connectivity index (χ2n) is 8.92. The van der Waals surface area contributed by atoms with Gasteiger partial charge in [-0.3, -0.25) is 19.2 Å². The summed E-state index contributed by atoms with van der Waals surface area (Å²) in [6, 6.07) is 3.30. The number of ether oxygens (including phenoxy) is 2. The lowest BCUT2D eigenvalue weighted by Gasteiger charge is -2.35. The molecular formula is C24H30FN3O6. The van der Waals surface area contributed by atoms with Crippen LogP contribution in [0.4, 0.5) is 4.39 Å². The Morgan fingerprint density at radius 1 is 1.12 bits per heavy atom. The standard InChI is InChI=1S/C24H30FN3O6/c1-2-33-24-18(13-20(29)34-24)27-22(31)19-12-11-14-7-3-6-10-17(23(32)28(14)19)26-21(30)15-8-4-5-9-16(15)25/h4-5,8-9,14,17-19,24H,2-3,6-7,10-13H2,1H3,(H,26,30)(H,27,31)/t14-,17-,18?,19-,24?/m0/s1. The Labute approximate surface area is 197 Å². The van der Waals surface area contributed by atoms with Crippen molar-refractivity contribution in [2.75, 3.05) is 6.61 Å². The molecule has 0 aromatic heterocycles. The maximum absolute atomic E-state index is 14.1. The van der Waals surface area contributed by atoms with Crippen molar-refractivity contribution in [3.05, 3.63) is 35.6 Å². The van der Waals surface area contributed by atoms with Crippen molar-refractivity contribution in [2.45, 2.75) is 82.3 Å². The number of amides is 3. The Balaban J connectivity index is 1.48. The first-order valence-corrected chi connectivity index (χ1v) is 11.9. The quantitative estimate of drug-likeness (QED) is 0.605. The number of nitrogens with one attached hydrogen (secondary N) is 2. The molecule has 2 unspecified atom stereocenters. The molecule has 2 N–H and O–H groups in total. The van der Waals surface area contributed by atoms with Crippen LogP contribution in [-0.2, 0) is 23.9 Å². The average molecular weight is 476 g/mol. The molecule has 3 amide bonds. The summed E-state index contributed by atoms with van der Waals surface area (Å²) in [4.78, 5) is 52.7. The summed E-state index contributed by atoms with van der Waals surface area (Å²) in [6.07, 6.45) is 3.09. The van der Waals surface area contributed by atoms with Crippen LogP contribution in [0.3, 0.4) is 0 Å². The van der Waals surface area contributed by atoms with Crippen LogP contribution in [0.5, 0.6) is 0 Å². The number of hydrogen-bond acceptors (Lipinski definition) is 6. The fourth-order valence-corrected chi connectivity index (χ4v) is 5.05. The molecule has 10 heteroatoms. The van der Waals surface area contributed by atoms with E-state index in [9.17, 15) is 23.6 Å². The predicted octanol–water partition coefficient (Wildman–Crippen LogP) is 1.65. The van der Waals surface area contributed by atoms with Gasteiger partial charge in [-0.25, -0.2) is 4.39 Å². The second kappa shape index (κ2) is 10.5. The Morgan fingerprint density at radius 2 is 1.88 bits per heavy atom. The lowest BCUT2D eigenvalue weighted by molar-refractivity contribution is -0.164. The highest BCUT2D eigenvalue weighted by Gasteiger charge is 2.46. The van der Waals surface area contributed by atoms with E-state index in [0.717, 1.165) is 19.3 Å². The van der Waals surface area contributed by atoms with Gasteiger partial charge in [0.05, 0.1) is 12.0 Å². The van der Waals surface area contributed by atoms with Crippen molar-refractivity contribution in [1.82, 2.24) is 15.5 Å². The predicted molar refractivity (Wildman–Crippen MR) is 118 cm³/mol. The van der Waals surface area contributed by atoms with Gasteiger partial charge in [-0.15, -0.1) is 0 Å². The number of hydrogen-bond donors (Lipinski definition) is 2. The van der Waals surface area contributed by atoms with E-state index >= 15 is 0 Å². The second-order valence-corrected chi connectivity index (χ2v) is 8.92. The van der Waals surface area contributed by atoms with Crippen molar-refractivity contribution in [3.63, 3.8) is 0 Å². The third kappa shape index (κ3) is 5.06. The Bertz CT molecular complexity index is 956. The van der Waals surface area contributed by atoms with Crippen molar-refractivity contribution < 1.29 is 33.0 Å². The summed E-state index contributed by atoms with van der Waals surface area (Å²) < 4.78 is 24.6. The van der Waals surface area contributed by atoms with Gasteiger partial charge in [-0.05, 0) is 44.7 Å². The molecule has 3 aliphatic heterocycles. The van der Waals surface area contributed by atoms with E-state index in [4.69, 9.17) is 9.47 Å². The number of cyclic esters (lactones) is 1. The Kier molecular flexibility index (Phi) is 7.45. The summed E-state index contributed by atoms with van der Waals surface area (Å²) >= 11 is 0. The van der Waals surface area contributed by atoms with Crippen molar-refractivity contribution in [1.29, 1.82) is 0 Å². The third-order valence-corrected chi connectivity index (χ3v) is 6.68. The van der Waals surface area contributed by atoms with E-state index in [1.807, 2.05) is 0 Å². The zero-order valence-electron chi connectivity index (χ0n) is 19.1. The minimum absolute atomic E-state index is 0.00181. The molecule has 1 aromatic rings. The molecule has 1 aromatic carbocycles. The number of halogens is 1. The molecule has 0 aliphatic carbocycles. The first-order valence-electron chi connectivity index (χ1n) is 11.9. The topological polar surface area (TPSA) is 114 Å². The molecule has 3 fully saturated rings. The number of benzene rings is 1. The molecule has 0 radical (unpaired) electrons. The largest absolute Gasteiger partial charge is 0.433 e. The van der Waals surface area contributed by atoms with Crippen molar-refractivity contribution in [2.24, 2.45) is 0 Å². The zero-order valence-corrected chi connectivity index (χ0v) is 19.1. The molecule has 4 rings (SSSR count). The molecule has 3 aliphatic rings. The fraction of sp³-hybridized carbons (Fsp3) is 0.583. The van der Waals surface area contributed by atoms with Gasteiger partial charge in [0.2, 0.25) is 18.1 Å². The van der Waals surface area contributed by atoms with Crippen LogP contribution >= 0.6 is 0 Å². The lowest BCUT2D eigenvalue weighted by atomic mass is 9.98. The summed E-state index contributed by atoms with van der Waals surface area (Å²) in [6.45, 7) is 2.09. The minimum Gasteiger partial charge on any atom is -0.433 e. The highest BCUT2D eigenvalue weighted by atomic mass is 19.1. The van der Waals surface area contributed by atoms with Gasteiger partial charge in [-0.1, -0.05) is 25.0 Å². The molecule has 5 atom stereocenters. The molecule has 184 valence electrons. The smallest absolute Gasteiger partial charge is 0.310 e. The van der Waals surface area contributed by atoms with Crippen LogP contribution in [0, 0.1) is 5.82 Å². The summed E-state index contributed by atoms with van der Waals surface area (Å²) in [5.74, 6) is -2.48. The number of esters is 1. The van der Waals surface area contributed by atoms with Crippen molar-refractivity contribution in [3.8, 4) is 0 Å². The highest BCUT2D eigenvalue weighted by molar-refractivity contribution is 5.99. The molecule has 34 heavy (non-hydrogen) atoms. The molecular weight excluding hydrogens is 445 g/mol. The van der Waals surface area contributed by atoms with Crippen LogP contribution in [-0.4, -0.2) is 65.7 Å². The zero-order chi connectivity index (χ0) is 24.2. The van der Waals surface area contributed by atoms with E-state index in [2.05, 4.69) is 10.6 Å². The van der Waals surface area contributed by atoms with Gasteiger partial charge in [0.25, 0.3) is 5.91 Å². The van der Waals surface area contributed by atoms with E-state index in [0.29, 0.717) is 25.9 Å². The van der Waals surface area contributed by atoms with E-state index < -0.39 is 42.1 Å². The number of rotatable bonds is 6. The molecule has 0 spiro atoms. The first kappa shape index (κ1) is 24.1. The van der Waals surface area contributed by atoms with Crippen LogP contribution in [0.15, 0.2) is 24.3 Å². The third-order valence-electron chi connectivity index (χ3n) is 6.68. The van der Waals surface area contributed by atoms with E-state index in [-0.39, 0.29) is 29.8 Å². The molecule has 9 nitrogen and oxygen atoms in total. The van der Waals surface area contributed by atoms with E-state index in [1.54, 1.807) is 17.9 Å². The Hall–Kier alpha value is -3.01. The molecule has 3 saturated heterocycles. The number of carbonyl (C=O) groups is 4. The number of carbonyl (C=O) groups excluding carboxylic acids is 4. The molecule has 0 bridgehead atoms. The Morgan fingerprint density at radius 3 is 2.65 bits per heavy atom. The van der Waals surface area contributed by atoms with Crippen molar-refractivity contribution >= 4 is 23.7 Å². The normalized spacial score (nSPS) is 29.1. The van der Waals surface area contributed by atoms with Gasteiger partial charge in [0.15, 0.2) is 0 Å². The number of nitrogens with zero attached hydrogens (tertiary/aromatic N) is 1. The molecule has 3 heterocycles. The van der Waals surface area contributed by atoms with Gasteiger partial charge in [-0.2, -0.15) is 0 Å². The van der Waals surface area contributed by atoms with Gasteiger partial charge < -0.3 is 25.0 Å². The highest BCUT2D eigenvalue weighted by Crippen LogP contribution is 2.32. The van der Waals surface area contributed by atoms with Gasteiger partial charge in [0.1, 0.15) is 23.9 Å². The minimum atomic E-state index is -0.852. The van der Waals surface area contributed by atoms with Crippen LogP contribution in [0.25, 0.3) is 0 Å². The van der Waals surface area contributed by atoms with Crippen LogP contribution < -0.4 is 10.6 Å². The lowest BCUT2D eigenvalue weighted by Crippen LogP contribution is -2.57. The SMILES string of the molecule is CCOC1OC(=O)CC1NC(=O)[C@@H]1CC[C@@H]2CCCC[C@H](NC(=O)c3ccccc3F)C(=O)N21. The average Bonchev–Trinajstić information content (AvgIpc) is 3.37. The van der Waals surface area contributed by atoms with Gasteiger partial charge in [0, 0.05) is 12.6 Å². The fourth-order valence-electron chi connectivity index (χ4n) is 5.05. The summed E-state index contributed by atoms with van der Waals surface area (Å²) in [5, 5.41) is 5.51. The van der Waals surface area contributed by atoms with Crippen LogP contribution in [0.1, 0.15) is 62.2 Å².